The van der Waals surface area contributed by atoms with E-state index in [-0.39, 0.29) is 25.0 Å². The molecule has 10 heteroatoms. The number of hydrogen-bond acceptors (Lipinski definition) is 8. The summed E-state index contributed by atoms with van der Waals surface area (Å²) in [5.74, 6) is 1.00. The zero-order chi connectivity index (χ0) is 20.2. The fraction of sp³-hybridized carbons (Fsp3) is 0.316. The molecule has 0 N–H and O–H groups in total. The molecule has 10 nitrogen and oxygen atoms in total. The summed E-state index contributed by atoms with van der Waals surface area (Å²) in [5.41, 5.74) is 1.01. The maximum Gasteiger partial charge on any atom is 0.270 e. The van der Waals surface area contributed by atoms with E-state index >= 15 is 0 Å². The standard InChI is InChI=1S/C19H19N5O5/c25-17(22-6-8-23(9-7-22)19-20-4-1-5-21-19)3-2-14-10-16(24(26)27)11-15-12-28-13-29-18(14)15/h1-5,10-11H,6-9,12-13H2/b3-2+. The topological polar surface area (TPSA) is 111 Å². The van der Waals surface area contributed by atoms with Crippen molar-refractivity contribution in [2.24, 2.45) is 0 Å². The van der Waals surface area contributed by atoms with Gasteiger partial charge < -0.3 is 19.3 Å². The Bertz CT molecular complexity index is 942. The molecule has 29 heavy (non-hydrogen) atoms. The molecule has 3 heterocycles. The van der Waals surface area contributed by atoms with Crippen molar-refractivity contribution in [1.29, 1.82) is 0 Å². The molecule has 1 amide bonds. The van der Waals surface area contributed by atoms with Crippen LogP contribution in [-0.4, -0.2) is 58.7 Å². The largest absolute Gasteiger partial charge is 0.467 e. The number of nitro benzene ring substituents is 1. The third-order valence-corrected chi connectivity index (χ3v) is 4.77. The molecule has 2 aromatic rings. The number of carbonyl (C=O) groups excluding carboxylic acids is 1. The highest BCUT2D eigenvalue weighted by Gasteiger charge is 2.22. The van der Waals surface area contributed by atoms with Crippen LogP contribution in [0.5, 0.6) is 5.75 Å². The molecule has 2 aliphatic rings. The van der Waals surface area contributed by atoms with E-state index in [9.17, 15) is 14.9 Å². The predicted molar refractivity (Wildman–Crippen MR) is 103 cm³/mol. The SMILES string of the molecule is O=C(/C=C/c1cc([N+](=O)[O-])cc2c1OCOC2)N1CCN(c2ncccn2)CC1. The van der Waals surface area contributed by atoms with Gasteiger partial charge in [0.15, 0.2) is 6.79 Å². The Kier molecular flexibility index (Phi) is 5.34. The molecule has 0 unspecified atom stereocenters. The zero-order valence-corrected chi connectivity index (χ0v) is 15.6. The summed E-state index contributed by atoms with van der Waals surface area (Å²) in [6.07, 6.45) is 6.36. The first-order chi connectivity index (χ1) is 14.1. The summed E-state index contributed by atoms with van der Waals surface area (Å²) >= 11 is 0. The Balaban J connectivity index is 1.45. The highest BCUT2D eigenvalue weighted by molar-refractivity contribution is 5.92. The van der Waals surface area contributed by atoms with Crippen molar-refractivity contribution in [3.63, 3.8) is 0 Å². The van der Waals surface area contributed by atoms with Crippen LogP contribution in [0.1, 0.15) is 11.1 Å². The van der Waals surface area contributed by atoms with Gasteiger partial charge >= 0.3 is 0 Å². The van der Waals surface area contributed by atoms with E-state index in [1.54, 1.807) is 29.4 Å². The number of carbonyl (C=O) groups is 1. The molecule has 0 radical (unpaired) electrons. The van der Waals surface area contributed by atoms with Gasteiger partial charge in [0.25, 0.3) is 5.69 Å². The molecule has 0 bridgehead atoms. The second-order valence-corrected chi connectivity index (χ2v) is 6.59. The number of nitrogens with zero attached hydrogens (tertiary/aromatic N) is 5. The van der Waals surface area contributed by atoms with E-state index in [4.69, 9.17) is 9.47 Å². The van der Waals surface area contributed by atoms with Gasteiger partial charge in [0.05, 0.1) is 11.5 Å². The van der Waals surface area contributed by atoms with Crippen LogP contribution < -0.4 is 9.64 Å². The Morgan fingerprint density at radius 2 is 1.93 bits per heavy atom. The van der Waals surface area contributed by atoms with E-state index in [0.717, 1.165) is 0 Å². The number of non-ortho nitro benzene ring substituents is 1. The van der Waals surface area contributed by atoms with Crippen LogP contribution in [0.2, 0.25) is 0 Å². The molecule has 1 saturated heterocycles. The number of nitro groups is 1. The fourth-order valence-corrected chi connectivity index (χ4v) is 3.31. The number of ether oxygens (including phenoxy) is 2. The van der Waals surface area contributed by atoms with Crippen LogP contribution >= 0.6 is 0 Å². The van der Waals surface area contributed by atoms with Crippen LogP contribution in [0.25, 0.3) is 6.08 Å². The number of aromatic nitrogens is 2. The Labute approximate surface area is 166 Å². The molecule has 0 spiro atoms. The van der Waals surface area contributed by atoms with Gasteiger partial charge in [0, 0.05) is 67.9 Å². The molecule has 2 aliphatic heterocycles. The van der Waals surface area contributed by atoms with Crippen molar-refractivity contribution >= 4 is 23.6 Å². The normalized spacial score (nSPS) is 16.4. The molecule has 0 atom stereocenters. The van der Waals surface area contributed by atoms with E-state index in [0.29, 0.717) is 49.0 Å². The monoisotopic (exact) mass is 397 g/mol. The van der Waals surface area contributed by atoms with E-state index in [2.05, 4.69) is 9.97 Å². The first kappa shape index (κ1) is 18.8. The maximum atomic E-state index is 12.6. The summed E-state index contributed by atoms with van der Waals surface area (Å²) in [7, 11) is 0. The van der Waals surface area contributed by atoms with Crippen molar-refractivity contribution in [2.45, 2.75) is 6.61 Å². The lowest BCUT2D eigenvalue weighted by atomic mass is 10.1. The van der Waals surface area contributed by atoms with Gasteiger partial charge in [-0.15, -0.1) is 0 Å². The third kappa shape index (κ3) is 4.16. The van der Waals surface area contributed by atoms with Gasteiger partial charge in [0.2, 0.25) is 11.9 Å². The first-order valence-corrected chi connectivity index (χ1v) is 9.12. The number of anilines is 1. The minimum atomic E-state index is -0.473. The average Bonchev–Trinajstić information content (AvgIpc) is 2.77. The minimum absolute atomic E-state index is 0.0681. The van der Waals surface area contributed by atoms with Crippen LogP contribution in [0.15, 0.2) is 36.7 Å². The number of hydrogen-bond donors (Lipinski definition) is 0. The second kappa shape index (κ2) is 8.23. The van der Waals surface area contributed by atoms with E-state index in [1.807, 2.05) is 4.90 Å². The lowest BCUT2D eigenvalue weighted by Crippen LogP contribution is -2.48. The van der Waals surface area contributed by atoms with Crippen LogP contribution in [0.3, 0.4) is 0 Å². The molecule has 0 saturated carbocycles. The van der Waals surface area contributed by atoms with Gasteiger partial charge in [-0.3, -0.25) is 14.9 Å². The van der Waals surface area contributed by atoms with Gasteiger partial charge in [-0.2, -0.15) is 0 Å². The number of rotatable bonds is 4. The van der Waals surface area contributed by atoms with Crippen molar-refractivity contribution in [2.75, 3.05) is 37.9 Å². The highest BCUT2D eigenvalue weighted by atomic mass is 16.7. The Hall–Kier alpha value is -3.53. The quantitative estimate of drug-likeness (QED) is 0.435. The molecule has 4 rings (SSSR count). The van der Waals surface area contributed by atoms with Crippen LogP contribution in [0.4, 0.5) is 11.6 Å². The molecular weight excluding hydrogens is 378 g/mol. The molecule has 1 fully saturated rings. The number of benzene rings is 1. The summed E-state index contributed by atoms with van der Waals surface area (Å²) in [6.45, 7) is 2.66. The van der Waals surface area contributed by atoms with Crippen molar-refractivity contribution in [3.8, 4) is 5.75 Å². The average molecular weight is 397 g/mol. The van der Waals surface area contributed by atoms with Gasteiger partial charge in [-0.25, -0.2) is 9.97 Å². The summed E-state index contributed by atoms with van der Waals surface area (Å²) in [4.78, 5) is 35.5. The fourth-order valence-electron chi connectivity index (χ4n) is 3.31. The summed E-state index contributed by atoms with van der Waals surface area (Å²) in [6, 6.07) is 4.59. The van der Waals surface area contributed by atoms with Crippen molar-refractivity contribution < 1.29 is 19.2 Å². The van der Waals surface area contributed by atoms with E-state index < -0.39 is 4.92 Å². The Morgan fingerprint density at radius 1 is 1.17 bits per heavy atom. The zero-order valence-electron chi connectivity index (χ0n) is 15.6. The number of piperazine rings is 1. The minimum Gasteiger partial charge on any atom is -0.467 e. The number of fused-ring (bicyclic) bond motifs is 1. The van der Waals surface area contributed by atoms with Crippen LogP contribution in [-0.2, 0) is 16.1 Å². The second-order valence-electron chi connectivity index (χ2n) is 6.59. The van der Waals surface area contributed by atoms with Crippen molar-refractivity contribution in [3.05, 3.63) is 57.9 Å². The lowest BCUT2D eigenvalue weighted by molar-refractivity contribution is -0.385. The van der Waals surface area contributed by atoms with E-state index in [1.165, 1.54) is 18.2 Å². The summed E-state index contributed by atoms with van der Waals surface area (Å²) < 4.78 is 10.7. The first-order valence-electron chi connectivity index (χ1n) is 9.12. The lowest BCUT2D eigenvalue weighted by Gasteiger charge is -2.34. The summed E-state index contributed by atoms with van der Waals surface area (Å²) in [5, 5.41) is 11.2. The third-order valence-electron chi connectivity index (χ3n) is 4.77. The molecule has 1 aromatic carbocycles. The molecule has 1 aromatic heterocycles. The number of amides is 1. The molecule has 150 valence electrons. The molecular formula is C19H19N5O5. The smallest absolute Gasteiger partial charge is 0.270 e. The van der Waals surface area contributed by atoms with Crippen LogP contribution in [0, 0.1) is 10.1 Å². The highest BCUT2D eigenvalue weighted by Crippen LogP contribution is 2.33. The van der Waals surface area contributed by atoms with Crippen molar-refractivity contribution in [1.82, 2.24) is 14.9 Å². The van der Waals surface area contributed by atoms with Gasteiger partial charge in [0.1, 0.15) is 5.75 Å². The van der Waals surface area contributed by atoms with Gasteiger partial charge in [-0.05, 0) is 12.1 Å². The predicted octanol–water partition coefficient (Wildman–Crippen LogP) is 1.61. The molecule has 0 aliphatic carbocycles. The maximum absolute atomic E-state index is 12.6. The Morgan fingerprint density at radius 3 is 2.66 bits per heavy atom. The van der Waals surface area contributed by atoms with Gasteiger partial charge in [-0.1, -0.05) is 0 Å².